The number of carbonyl (C=O) groups is 2. The van der Waals surface area contributed by atoms with Crippen molar-refractivity contribution in [2.45, 2.75) is 42.7 Å². The first-order chi connectivity index (χ1) is 22.0. The number of methoxy groups -OCH3 is 3. The number of esters is 1. The van der Waals surface area contributed by atoms with Crippen LogP contribution in [0.2, 0.25) is 5.02 Å². The van der Waals surface area contributed by atoms with Crippen LogP contribution in [0.5, 0.6) is 11.5 Å². The van der Waals surface area contributed by atoms with Crippen molar-refractivity contribution in [3.8, 4) is 11.5 Å². The van der Waals surface area contributed by atoms with Gasteiger partial charge in [-0.25, -0.2) is 26.2 Å². The lowest BCUT2D eigenvalue weighted by atomic mass is 10.2. The van der Waals surface area contributed by atoms with Crippen LogP contribution in [0.15, 0.2) is 76.5 Å². The van der Waals surface area contributed by atoms with E-state index in [1.165, 1.54) is 80.9 Å². The van der Waals surface area contributed by atoms with Crippen LogP contribution in [0.3, 0.4) is 0 Å². The Bertz CT molecular complexity index is 2000. The van der Waals surface area contributed by atoms with Crippen molar-refractivity contribution in [3.63, 3.8) is 0 Å². The van der Waals surface area contributed by atoms with Gasteiger partial charge in [0.25, 0.3) is 10.0 Å². The van der Waals surface area contributed by atoms with Crippen LogP contribution in [0, 0.1) is 0 Å². The normalized spacial score (nSPS) is 12.2. The number of ether oxygens (including phenoxy) is 4. The van der Waals surface area contributed by atoms with Crippen LogP contribution in [-0.4, -0.2) is 71.2 Å². The molecule has 0 saturated heterocycles. The second-order valence-electron chi connectivity index (χ2n) is 11.1. The zero-order valence-corrected chi connectivity index (χ0v) is 28.8. The van der Waals surface area contributed by atoms with Crippen molar-refractivity contribution in [2.24, 2.45) is 0 Å². The lowest BCUT2D eigenvalue weighted by molar-refractivity contribution is -0.140. The first-order valence-electron chi connectivity index (χ1n) is 13.9. The van der Waals surface area contributed by atoms with Crippen LogP contribution < -0.4 is 14.2 Å². The number of anilines is 1. The van der Waals surface area contributed by atoms with Crippen LogP contribution in [0.4, 0.5) is 10.5 Å². The molecule has 1 N–H and O–H groups in total. The van der Waals surface area contributed by atoms with E-state index in [0.29, 0.717) is 11.5 Å². The maximum absolute atomic E-state index is 13.9. The van der Waals surface area contributed by atoms with Gasteiger partial charge in [-0.3, -0.25) is 9.52 Å². The highest BCUT2D eigenvalue weighted by molar-refractivity contribution is 7.92. The van der Waals surface area contributed by atoms with Gasteiger partial charge in [0.15, 0.2) is 0 Å². The predicted octanol–water partition coefficient (Wildman–Crippen LogP) is 5.26. The van der Waals surface area contributed by atoms with Gasteiger partial charge >= 0.3 is 12.1 Å². The fourth-order valence-electron chi connectivity index (χ4n) is 4.52. The van der Waals surface area contributed by atoms with Crippen molar-refractivity contribution in [1.29, 1.82) is 0 Å². The molecule has 0 saturated carbocycles. The molecule has 252 valence electrons. The summed E-state index contributed by atoms with van der Waals surface area (Å²) < 4.78 is 79.5. The molecular weight excluding hydrogens is 674 g/mol. The average molecular weight is 708 g/mol. The number of benzene rings is 3. The first kappa shape index (κ1) is 35.5. The molecule has 0 bridgehead atoms. The number of hydrogen-bond acceptors (Lipinski definition) is 10. The van der Waals surface area contributed by atoms with Crippen LogP contribution in [0.1, 0.15) is 26.5 Å². The topological polar surface area (TPSA) is 160 Å². The van der Waals surface area contributed by atoms with Gasteiger partial charge in [-0.05, 0) is 87.5 Å². The molecule has 3 aromatic carbocycles. The summed E-state index contributed by atoms with van der Waals surface area (Å²) in [5.41, 5.74) is -0.869. The molecule has 16 heteroatoms. The molecule has 1 aromatic heterocycles. The third-order valence-electron chi connectivity index (χ3n) is 6.75. The quantitative estimate of drug-likeness (QED) is 0.204. The Hall–Kier alpha value is -4.31. The minimum atomic E-state index is -4.38. The van der Waals surface area contributed by atoms with E-state index in [0.717, 1.165) is 16.0 Å². The van der Waals surface area contributed by atoms with Gasteiger partial charge < -0.3 is 18.9 Å². The number of sulfonamides is 2. The van der Waals surface area contributed by atoms with E-state index in [9.17, 15) is 26.4 Å². The molecule has 0 aliphatic carbocycles. The summed E-state index contributed by atoms with van der Waals surface area (Å²) >= 11 is 6.60. The van der Waals surface area contributed by atoms with Crippen molar-refractivity contribution in [1.82, 2.24) is 8.87 Å². The van der Waals surface area contributed by atoms with Crippen molar-refractivity contribution in [3.05, 3.63) is 77.4 Å². The Morgan fingerprint density at radius 3 is 1.91 bits per heavy atom. The van der Waals surface area contributed by atoms with Crippen LogP contribution >= 0.6 is 11.6 Å². The highest BCUT2D eigenvalue weighted by Gasteiger charge is 2.32. The largest absolute Gasteiger partial charge is 0.497 e. The fraction of sp³-hybridized carbons (Fsp3) is 0.290. The molecule has 0 radical (unpaired) electrons. The van der Waals surface area contributed by atoms with Gasteiger partial charge in [-0.2, -0.15) is 4.31 Å². The molecule has 1 heterocycles. The average Bonchev–Trinajstić information content (AvgIpc) is 3.41. The van der Waals surface area contributed by atoms with Gasteiger partial charge in [0.2, 0.25) is 10.0 Å². The SMILES string of the molecule is COC(=O)CN(Cc1cc2c(NS(=O)(=O)c3ccc(OC)cc3)ccc(Cl)c2n1C(=O)OC(C)(C)C)S(=O)(=O)c1ccc(OC)cc1. The summed E-state index contributed by atoms with van der Waals surface area (Å²) in [5, 5.41) is 0.206. The molecule has 4 aromatic rings. The summed E-state index contributed by atoms with van der Waals surface area (Å²) in [4.78, 5) is 25.9. The Kier molecular flexibility index (Phi) is 10.4. The van der Waals surface area contributed by atoms with E-state index in [1.807, 2.05) is 0 Å². The first-order valence-corrected chi connectivity index (χ1v) is 17.2. The number of halogens is 1. The van der Waals surface area contributed by atoms with Gasteiger partial charge in [-0.1, -0.05) is 11.6 Å². The Labute approximate surface area is 278 Å². The van der Waals surface area contributed by atoms with Crippen LogP contribution in [0.25, 0.3) is 10.9 Å². The summed E-state index contributed by atoms with van der Waals surface area (Å²) in [6, 6.07) is 15.4. The molecule has 0 aliphatic heterocycles. The Balaban J connectivity index is 1.90. The van der Waals surface area contributed by atoms with E-state index in [4.69, 9.17) is 30.5 Å². The standard InChI is InChI=1S/C31H34ClN3O10S2/c1-31(2,3)45-30(37)35-20(18-34(19-28(36)44-6)47(40,41)24-13-9-22(43-5)10-14-24)17-25-27(16-15-26(32)29(25)35)33-46(38,39)23-11-7-21(42-4)8-12-23/h7-17,33H,18-19H2,1-6H3. The van der Waals surface area contributed by atoms with E-state index in [1.54, 1.807) is 20.8 Å². The molecule has 0 atom stereocenters. The zero-order chi connectivity index (χ0) is 34.7. The second kappa shape index (κ2) is 13.8. The smallest absolute Gasteiger partial charge is 0.419 e. The molecule has 13 nitrogen and oxygen atoms in total. The fourth-order valence-corrected chi connectivity index (χ4v) is 7.21. The molecule has 4 rings (SSSR count). The van der Waals surface area contributed by atoms with E-state index in [-0.39, 0.29) is 37.1 Å². The number of nitrogens with zero attached hydrogens (tertiary/aromatic N) is 2. The number of carbonyl (C=O) groups excluding carboxylic acids is 2. The monoisotopic (exact) mass is 707 g/mol. The van der Waals surface area contributed by atoms with Crippen LogP contribution in [-0.2, 0) is 40.9 Å². The molecule has 0 aliphatic rings. The molecule has 0 fully saturated rings. The van der Waals surface area contributed by atoms with Crippen molar-refractivity contribution >= 4 is 60.3 Å². The Morgan fingerprint density at radius 2 is 1.40 bits per heavy atom. The third-order valence-corrected chi connectivity index (χ3v) is 10.2. The number of aromatic nitrogens is 1. The number of rotatable bonds is 11. The van der Waals surface area contributed by atoms with E-state index < -0.39 is 50.8 Å². The highest BCUT2D eigenvalue weighted by Crippen LogP contribution is 2.36. The number of hydrogen-bond donors (Lipinski definition) is 1. The summed E-state index contributed by atoms with van der Waals surface area (Å²) in [6.07, 6.45) is -0.917. The third kappa shape index (κ3) is 7.99. The van der Waals surface area contributed by atoms with Crippen molar-refractivity contribution in [2.75, 3.05) is 32.6 Å². The summed E-state index contributed by atoms with van der Waals surface area (Å²) in [6.45, 7) is 3.67. The van der Waals surface area contributed by atoms with Gasteiger partial charge in [-0.15, -0.1) is 0 Å². The molecule has 0 unspecified atom stereocenters. The van der Waals surface area contributed by atoms with Crippen molar-refractivity contribution < 1.29 is 45.4 Å². The maximum Gasteiger partial charge on any atom is 0.419 e. The van der Waals surface area contributed by atoms with E-state index >= 15 is 0 Å². The van der Waals surface area contributed by atoms with Gasteiger partial charge in [0.05, 0.1) is 53.9 Å². The predicted molar refractivity (Wildman–Crippen MR) is 175 cm³/mol. The van der Waals surface area contributed by atoms with E-state index in [2.05, 4.69) is 4.72 Å². The second-order valence-corrected chi connectivity index (χ2v) is 15.1. The number of nitrogens with one attached hydrogen (secondary N) is 1. The zero-order valence-electron chi connectivity index (χ0n) is 26.4. The lowest BCUT2D eigenvalue weighted by Crippen LogP contribution is -2.37. The van der Waals surface area contributed by atoms with Gasteiger partial charge in [0.1, 0.15) is 23.6 Å². The minimum Gasteiger partial charge on any atom is -0.497 e. The highest BCUT2D eigenvalue weighted by atomic mass is 35.5. The maximum atomic E-state index is 13.9. The number of fused-ring (bicyclic) bond motifs is 1. The lowest BCUT2D eigenvalue weighted by Gasteiger charge is -2.24. The molecule has 0 spiro atoms. The summed E-state index contributed by atoms with van der Waals surface area (Å²) in [7, 11) is -4.54. The molecular formula is C31H34ClN3O10S2. The Morgan fingerprint density at radius 1 is 0.851 bits per heavy atom. The minimum absolute atomic E-state index is 0.0215. The molecule has 47 heavy (non-hydrogen) atoms. The summed E-state index contributed by atoms with van der Waals surface area (Å²) in [5.74, 6) is -0.00112. The molecule has 0 amide bonds. The van der Waals surface area contributed by atoms with Gasteiger partial charge in [0, 0.05) is 11.1 Å².